The van der Waals surface area contributed by atoms with Gasteiger partial charge in [-0.3, -0.25) is 10.1 Å². The van der Waals surface area contributed by atoms with Gasteiger partial charge in [-0.25, -0.2) is 22.7 Å². The Kier molecular flexibility index (Phi) is 6.70. The predicted octanol–water partition coefficient (Wildman–Crippen LogP) is 0.520. The lowest BCUT2D eigenvalue weighted by Gasteiger charge is -2.12. The van der Waals surface area contributed by atoms with Crippen LogP contribution >= 0.6 is 0 Å². The van der Waals surface area contributed by atoms with Crippen molar-refractivity contribution in [3.63, 3.8) is 0 Å². The first-order valence-corrected chi connectivity index (χ1v) is 9.61. The summed E-state index contributed by atoms with van der Waals surface area (Å²) >= 11 is 0. The molecule has 2 rings (SSSR count). The van der Waals surface area contributed by atoms with Crippen molar-refractivity contribution in [2.75, 3.05) is 13.7 Å². The van der Waals surface area contributed by atoms with Crippen molar-refractivity contribution in [1.82, 2.24) is 15.4 Å². The molecule has 9 nitrogen and oxygen atoms in total. The molecule has 0 saturated heterocycles. The number of nitrogens with one attached hydrogen (secondary N) is 3. The van der Waals surface area contributed by atoms with Gasteiger partial charge in [0, 0.05) is 6.04 Å². The third kappa shape index (κ3) is 5.53. The number of urea groups is 1. The van der Waals surface area contributed by atoms with Crippen molar-refractivity contribution in [3.8, 4) is 0 Å². The zero-order valence-electron chi connectivity index (χ0n) is 14.3. The molecular weight excluding hydrogens is 362 g/mol. The van der Waals surface area contributed by atoms with Gasteiger partial charge in [-0.2, -0.15) is 0 Å². The van der Waals surface area contributed by atoms with Gasteiger partial charge in [0.05, 0.1) is 10.5 Å². The zero-order valence-corrected chi connectivity index (χ0v) is 15.1. The molecule has 10 heteroatoms. The third-order valence-electron chi connectivity index (χ3n) is 3.93. The number of benzene rings is 1. The van der Waals surface area contributed by atoms with Crippen molar-refractivity contribution >= 4 is 27.9 Å². The van der Waals surface area contributed by atoms with Gasteiger partial charge in [-0.1, -0.05) is 18.9 Å². The van der Waals surface area contributed by atoms with E-state index in [1.165, 1.54) is 25.2 Å². The van der Waals surface area contributed by atoms with Crippen LogP contribution in [-0.4, -0.2) is 46.0 Å². The maximum absolute atomic E-state index is 12.0. The van der Waals surface area contributed by atoms with Crippen LogP contribution in [0.25, 0.3) is 0 Å². The molecule has 0 unspecified atom stereocenters. The molecule has 1 aliphatic carbocycles. The highest BCUT2D eigenvalue weighted by Gasteiger charge is 2.19. The second-order valence-electron chi connectivity index (χ2n) is 5.81. The van der Waals surface area contributed by atoms with E-state index in [2.05, 4.69) is 15.4 Å². The Morgan fingerprint density at radius 1 is 1.19 bits per heavy atom. The fourth-order valence-electron chi connectivity index (χ4n) is 2.58. The van der Waals surface area contributed by atoms with Crippen LogP contribution in [0.1, 0.15) is 36.0 Å². The highest BCUT2D eigenvalue weighted by atomic mass is 32.2. The molecule has 0 heterocycles. The lowest BCUT2D eigenvalue weighted by Crippen LogP contribution is -2.45. The summed E-state index contributed by atoms with van der Waals surface area (Å²) in [5.74, 6) is -1.64. The molecule has 1 saturated carbocycles. The maximum atomic E-state index is 12.0. The first-order valence-electron chi connectivity index (χ1n) is 8.13. The molecule has 142 valence electrons. The number of ether oxygens (including phenoxy) is 1. The van der Waals surface area contributed by atoms with E-state index in [1.54, 1.807) is 0 Å². The Bertz CT molecular complexity index is 787. The molecular formula is C16H21N3O6S. The lowest BCUT2D eigenvalue weighted by atomic mass is 10.2. The molecule has 1 aromatic rings. The van der Waals surface area contributed by atoms with Crippen LogP contribution in [0.2, 0.25) is 0 Å². The number of imide groups is 1. The number of carbonyl (C=O) groups excluding carboxylic acids is 3. The Morgan fingerprint density at radius 3 is 2.54 bits per heavy atom. The van der Waals surface area contributed by atoms with Gasteiger partial charge in [-0.05, 0) is 38.1 Å². The van der Waals surface area contributed by atoms with Crippen molar-refractivity contribution in [1.29, 1.82) is 0 Å². The van der Waals surface area contributed by atoms with Crippen LogP contribution in [0, 0.1) is 0 Å². The quantitative estimate of drug-likeness (QED) is 0.614. The number of esters is 1. The van der Waals surface area contributed by atoms with Gasteiger partial charge in [-0.15, -0.1) is 0 Å². The first kappa shape index (κ1) is 19.9. The Labute approximate surface area is 151 Å². The van der Waals surface area contributed by atoms with E-state index >= 15 is 0 Å². The summed E-state index contributed by atoms with van der Waals surface area (Å²) in [5, 5.41) is 4.76. The Hall–Kier alpha value is -2.46. The van der Waals surface area contributed by atoms with E-state index < -0.39 is 34.5 Å². The average Bonchev–Trinajstić information content (AvgIpc) is 3.12. The van der Waals surface area contributed by atoms with E-state index in [1.807, 2.05) is 0 Å². The standard InChI is InChI=1S/C16H21N3O6S/c1-17-26(23,24)13-8-4-5-11(9-13)15(21)25-10-14(20)19-16(22)18-12-6-2-3-7-12/h4-5,8-9,12,17H,2-3,6-7,10H2,1H3,(H2,18,19,20,22). The minimum absolute atomic E-state index is 0.0236. The largest absolute Gasteiger partial charge is 0.452 e. The summed E-state index contributed by atoms with van der Waals surface area (Å²) < 4.78 is 30.4. The summed E-state index contributed by atoms with van der Waals surface area (Å²) in [4.78, 5) is 35.2. The fraction of sp³-hybridized carbons (Fsp3) is 0.438. The number of sulfonamides is 1. The highest BCUT2D eigenvalue weighted by molar-refractivity contribution is 7.89. The first-order chi connectivity index (χ1) is 12.3. The van der Waals surface area contributed by atoms with Crippen LogP contribution < -0.4 is 15.4 Å². The van der Waals surface area contributed by atoms with E-state index in [0.29, 0.717) is 0 Å². The molecule has 0 aromatic heterocycles. The lowest BCUT2D eigenvalue weighted by molar-refractivity contribution is -0.123. The van der Waals surface area contributed by atoms with Crippen molar-refractivity contribution in [3.05, 3.63) is 29.8 Å². The number of carbonyl (C=O) groups is 3. The zero-order chi connectivity index (χ0) is 19.2. The maximum Gasteiger partial charge on any atom is 0.338 e. The van der Waals surface area contributed by atoms with Crippen molar-refractivity contribution in [2.24, 2.45) is 0 Å². The molecule has 26 heavy (non-hydrogen) atoms. The van der Waals surface area contributed by atoms with Gasteiger partial charge >= 0.3 is 12.0 Å². The van der Waals surface area contributed by atoms with E-state index in [0.717, 1.165) is 31.7 Å². The van der Waals surface area contributed by atoms with Crippen LogP contribution in [0.4, 0.5) is 4.79 Å². The summed E-state index contributed by atoms with van der Waals surface area (Å²) in [6, 6.07) is 4.64. The second-order valence-corrected chi connectivity index (χ2v) is 7.70. The smallest absolute Gasteiger partial charge is 0.338 e. The Balaban J connectivity index is 1.85. The van der Waals surface area contributed by atoms with Crippen LogP contribution in [0.3, 0.4) is 0 Å². The molecule has 1 aromatic carbocycles. The average molecular weight is 383 g/mol. The van der Waals surface area contributed by atoms with Gasteiger partial charge in [0.1, 0.15) is 0 Å². The molecule has 0 spiro atoms. The third-order valence-corrected chi connectivity index (χ3v) is 5.34. The van der Waals surface area contributed by atoms with E-state index in [9.17, 15) is 22.8 Å². The van der Waals surface area contributed by atoms with E-state index in [-0.39, 0.29) is 16.5 Å². The molecule has 1 aliphatic rings. The van der Waals surface area contributed by atoms with Crippen LogP contribution in [0.5, 0.6) is 0 Å². The molecule has 1 fully saturated rings. The van der Waals surface area contributed by atoms with Crippen LogP contribution in [0.15, 0.2) is 29.2 Å². The molecule has 3 N–H and O–H groups in total. The predicted molar refractivity (Wildman–Crippen MR) is 91.9 cm³/mol. The summed E-state index contributed by atoms with van der Waals surface area (Å²) in [7, 11) is -2.45. The summed E-state index contributed by atoms with van der Waals surface area (Å²) in [6.07, 6.45) is 3.84. The molecule has 0 atom stereocenters. The van der Waals surface area contributed by atoms with Gasteiger partial charge in [0.15, 0.2) is 6.61 Å². The number of hydrogen-bond donors (Lipinski definition) is 3. The topological polar surface area (TPSA) is 131 Å². The van der Waals surface area contributed by atoms with Crippen molar-refractivity contribution < 1.29 is 27.5 Å². The van der Waals surface area contributed by atoms with Gasteiger partial charge in [0.25, 0.3) is 5.91 Å². The molecule has 0 radical (unpaired) electrons. The van der Waals surface area contributed by atoms with Gasteiger partial charge in [0.2, 0.25) is 10.0 Å². The number of amides is 3. The SMILES string of the molecule is CNS(=O)(=O)c1cccc(C(=O)OCC(=O)NC(=O)NC2CCCC2)c1. The fourth-order valence-corrected chi connectivity index (χ4v) is 3.35. The van der Waals surface area contributed by atoms with Gasteiger partial charge < -0.3 is 10.1 Å². The number of rotatable bonds is 6. The highest BCUT2D eigenvalue weighted by Crippen LogP contribution is 2.17. The monoisotopic (exact) mass is 383 g/mol. The van der Waals surface area contributed by atoms with Crippen LogP contribution in [-0.2, 0) is 19.6 Å². The molecule has 0 aliphatic heterocycles. The molecule has 3 amide bonds. The minimum atomic E-state index is -3.70. The van der Waals surface area contributed by atoms with E-state index in [4.69, 9.17) is 4.74 Å². The summed E-state index contributed by atoms with van der Waals surface area (Å²) in [6.45, 7) is -0.653. The number of hydrogen-bond acceptors (Lipinski definition) is 6. The molecule has 0 bridgehead atoms. The second kappa shape index (κ2) is 8.77. The normalized spacial score (nSPS) is 14.7. The summed E-state index contributed by atoms with van der Waals surface area (Å²) in [5.41, 5.74) is -0.0236. The van der Waals surface area contributed by atoms with Crippen molar-refractivity contribution in [2.45, 2.75) is 36.6 Å². The minimum Gasteiger partial charge on any atom is -0.452 e. The Morgan fingerprint density at radius 2 is 1.88 bits per heavy atom.